The molecule has 0 aromatic carbocycles. The molecule has 0 fully saturated rings. The van der Waals surface area contributed by atoms with Gasteiger partial charge in [-0.1, -0.05) is 6.08 Å². The fourth-order valence-electron chi connectivity index (χ4n) is 1.95. The first kappa shape index (κ1) is 14.2. The average Bonchev–Trinajstić information content (AvgIpc) is 3.05. The first-order valence-corrected chi connectivity index (χ1v) is 7.03. The predicted octanol–water partition coefficient (Wildman–Crippen LogP) is 1.81. The number of rotatable bonds is 5. The highest BCUT2D eigenvalue weighted by molar-refractivity contribution is 7.99. The lowest BCUT2D eigenvalue weighted by molar-refractivity contribution is -0.392. The third-order valence-corrected chi connectivity index (χ3v) is 4.08. The maximum absolute atomic E-state index is 11.0. The highest BCUT2D eigenvalue weighted by Crippen LogP contribution is 2.34. The second kappa shape index (κ2) is 5.56. The number of aromatic nitrogens is 6. The fourth-order valence-corrected chi connectivity index (χ4v) is 2.88. The Kier molecular flexibility index (Phi) is 3.59. The van der Waals surface area contributed by atoms with Crippen molar-refractivity contribution in [3.05, 3.63) is 41.8 Å². The molecule has 0 atom stereocenters. The van der Waals surface area contributed by atoms with E-state index in [1.165, 1.54) is 12.7 Å². The number of nitrogens with zero attached hydrogens (tertiary/aromatic N) is 7. The van der Waals surface area contributed by atoms with Gasteiger partial charge in [-0.3, -0.25) is 0 Å². The van der Waals surface area contributed by atoms with Crippen LogP contribution in [0.1, 0.15) is 0 Å². The molecule has 0 bridgehead atoms. The number of hydrogen-bond donors (Lipinski definition) is 0. The molecular weight excluding hydrogens is 306 g/mol. The van der Waals surface area contributed by atoms with Crippen LogP contribution in [0.3, 0.4) is 0 Å². The summed E-state index contributed by atoms with van der Waals surface area (Å²) in [6.45, 7) is 4.26. The molecule has 0 saturated heterocycles. The third-order valence-electron chi connectivity index (χ3n) is 2.92. The van der Waals surface area contributed by atoms with Crippen LogP contribution in [0.2, 0.25) is 0 Å². The van der Waals surface area contributed by atoms with Crippen molar-refractivity contribution in [2.24, 2.45) is 7.05 Å². The van der Waals surface area contributed by atoms with Crippen molar-refractivity contribution in [1.82, 2.24) is 29.1 Å². The molecule has 3 aromatic rings. The van der Waals surface area contributed by atoms with Crippen LogP contribution in [0, 0.1) is 10.1 Å². The summed E-state index contributed by atoms with van der Waals surface area (Å²) in [6.07, 6.45) is 6.19. The van der Waals surface area contributed by atoms with Crippen LogP contribution in [0.5, 0.6) is 0 Å². The molecule has 0 unspecified atom stereocenters. The number of allylic oxidation sites excluding steroid dienone is 1. The first-order valence-electron chi connectivity index (χ1n) is 6.22. The summed E-state index contributed by atoms with van der Waals surface area (Å²) < 4.78 is 3.41. The highest BCUT2D eigenvalue weighted by Gasteiger charge is 2.23. The Bertz CT molecular complexity index is 870. The zero-order chi connectivity index (χ0) is 15.7. The van der Waals surface area contributed by atoms with Crippen LogP contribution in [0.25, 0.3) is 11.2 Å². The maximum Gasteiger partial charge on any atom is 0.396 e. The van der Waals surface area contributed by atoms with E-state index < -0.39 is 4.92 Å². The lowest BCUT2D eigenvalue weighted by Gasteiger charge is -2.02. The molecule has 0 radical (unpaired) electrons. The SMILES string of the molecule is C=CCn1cnc2c(Sc3c([N+](=O)[O-])ncn3C)ncnc21. The summed E-state index contributed by atoms with van der Waals surface area (Å²) in [5.41, 5.74) is 1.24. The van der Waals surface area contributed by atoms with Crippen LogP contribution in [-0.4, -0.2) is 34.0 Å². The summed E-state index contributed by atoms with van der Waals surface area (Å²) in [5.74, 6) is -0.204. The van der Waals surface area contributed by atoms with Gasteiger partial charge in [-0.15, -0.1) is 6.58 Å². The molecule has 10 heteroatoms. The lowest BCUT2D eigenvalue weighted by atomic mass is 10.5. The maximum atomic E-state index is 11.0. The molecule has 0 spiro atoms. The van der Waals surface area contributed by atoms with Crippen molar-refractivity contribution in [2.75, 3.05) is 0 Å². The molecule has 0 aliphatic rings. The van der Waals surface area contributed by atoms with Gasteiger partial charge < -0.3 is 19.2 Å². The molecule has 9 nitrogen and oxygen atoms in total. The van der Waals surface area contributed by atoms with Crippen molar-refractivity contribution in [3.63, 3.8) is 0 Å². The minimum atomic E-state index is -0.517. The third kappa shape index (κ3) is 2.33. The van der Waals surface area contributed by atoms with E-state index >= 15 is 0 Å². The monoisotopic (exact) mass is 317 g/mol. The standard InChI is InChI=1S/C12H11N7O2S/c1-3-4-18-7-15-8-9(18)13-5-14-11(8)22-12-10(19(20)21)16-6-17(12)2/h3,5-7H,1,4H2,2H3. The second-order valence-electron chi connectivity index (χ2n) is 4.38. The number of nitro groups is 1. The van der Waals surface area contributed by atoms with Gasteiger partial charge in [0.2, 0.25) is 6.33 Å². The van der Waals surface area contributed by atoms with Crippen LogP contribution < -0.4 is 0 Å². The molecular formula is C12H11N7O2S. The summed E-state index contributed by atoms with van der Waals surface area (Å²) in [6, 6.07) is 0. The predicted molar refractivity (Wildman–Crippen MR) is 79.5 cm³/mol. The molecule has 0 N–H and O–H groups in total. The van der Waals surface area contributed by atoms with E-state index in [0.29, 0.717) is 27.8 Å². The molecule has 0 saturated carbocycles. The van der Waals surface area contributed by atoms with Crippen LogP contribution >= 0.6 is 11.8 Å². The summed E-state index contributed by atoms with van der Waals surface area (Å²) in [4.78, 5) is 27.0. The molecule has 0 amide bonds. The van der Waals surface area contributed by atoms with Gasteiger partial charge >= 0.3 is 5.82 Å². The van der Waals surface area contributed by atoms with E-state index in [1.807, 2.05) is 4.57 Å². The Labute approximate surface area is 128 Å². The largest absolute Gasteiger partial charge is 0.396 e. The quantitative estimate of drug-likeness (QED) is 0.306. The number of hydrogen-bond acceptors (Lipinski definition) is 7. The molecule has 3 heterocycles. The summed E-state index contributed by atoms with van der Waals surface area (Å²) >= 11 is 1.14. The minimum absolute atomic E-state index is 0.204. The van der Waals surface area contributed by atoms with E-state index in [9.17, 15) is 10.1 Å². The van der Waals surface area contributed by atoms with Gasteiger partial charge in [-0.25, -0.2) is 15.0 Å². The highest BCUT2D eigenvalue weighted by atomic mass is 32.2. The van der Waals surface area contributed by atoms with Crippen molar-refractivity contribution < 1.29 is 4.92 Å². The van der Waals surface area contributed by atoms with Gasteiger partial charge in [0.25, 0.3) is 0 Å². The molecule has 112 valence electrons. The van der Waals surface area contributed by atoms with E-state index in [2.05, 4.69) is 26.5 Å². The number of fused-ring (bicyclic) bond motifs is 1. The molecule has 0 aliphatic carbocycles. The van der Waals surface area contributed by atoms with Crippen LogP contribution in [0.4, 0.5) is 5.82 Å². The van der Waals surface area contributed by atoms with Crippen molar-refractivity contribution in [1.29, 1.82) is 0 Å². The molecule has 22 heavy (non-hydrogen) atoms. The van der Waals surface area contributed by atoms with Crippen molar-refractivity contribution >= 4 is 28.7 Å². The van der Waals surface area contributed by atoms with E-state index in [0.717, 1.165) is 11.8 Å². The van der Waals surface area contributed by atoms with Gasteiger partial charge in [0, 0.05) is 13.6 Å². The normalized spacial score (nSPS) is 11.0. The lowest BCUT2D eigenvalue weighted by Crippen LogP contribution is -1.97. The van der Waals surface area contributed by atoms with Crippen LogP contribution in [0.15, 0.2) is 41.7 Å². The van der Waals surface area contributed by atoms with Crippen molar-refractivity contribution in [3.8, 4) is 0 Å². The molecule has 3 rings (SSSR count). The fraction of sp³-hybridized carbons (Fsp3) is 0.167. The van der Waals surface area contributed by atoms with E-state index in [-0.39, 0.29) is 5.82 Å². The zero-order valence-electron chi connectivity index (χ0n) is 11.6. The Balaban J connectivity index is 2.07. The number of aryl methyl sites for hydroxylation is 1. The second-order valence-corrected chi connectivity index (χ2v) is 5.36. The Morgan fingerprint density at radius 1 is 1.36 bits per heavy atom. The van der Waals surface area contributed by atoms with Gasteiger partial charge in [0.1, 0.15) is 16.9 Å². The summed E-state index contributed by atoms with van der Waals surface area (Å²) in [5, 5.41) is 12.0. The molecule has 3 aromatic heterocycles. The Morgan fingerprint density at radius 2 is 2.18 bits per heavy atom. The van der Waals surface area contributed by atoms with Gasteiger partial charge in [-0.2, -0.15) is 0 Å². The number of imidazole rings is 2. The minimum Gasteiger partial charge on any atom is -0.358 e. The van der Waals surface area contributed by atoms with Gasteiger partial charge in [-0.05, 0) is 21.7 Å². The van der Waals surface area contributed by atoms with Gasteiger partial charge in [0.05, 0.1) is 6.33 Å². The first-order chi connectivity index (χ1) is 10.6. The molecule has 0 aliphatic heterocycles. The van der Waals surface area contributed by atoms with E-state index in [4.69, 9.17) is 0 Å². The van der Waals surface area contributed by atoms with Crippen molar-refractivity contribution in [2.45, 2.75) is 16.6 Å². The smallest absolute Gasteiger partial charge is 0.358 e. The average molecular weight is 317 g/mol. The zero-order valence-corrected chi connectivity index (χ0v) is 12.4. The van der Waals surface area contributed by atoms with Gasteiger partial charge in [0.15, 0.2) is 10.7 Å². The Hall–Kier alpha value is -2.75. The van der Waals surface area contributed by atoms with Crippen LogP contribution in [-0.2, 0) is 13.6 Å². The summed E-state index contributed by atoms with van der Waals surface area (Å²) in [7, 11) is 1.69. The van der Waals surface area contributed by atoms with E-state index in [1.54, 1.807) is 24.0 Å². The Morgan fingerprint density at radius 3 is 2.91 bits per heavy atom. The topological polar surface area (TPSA) is 105 Å².